The Bertz CT molecular complexity index is 1630. The van der Waals surface area contributed by atoms with Crippen LogP contribution >= 0.6 is 0 Å². The minimum absolute atomic E-state index is 0.267. The lowest BCUT2D eigenvalue weighted by Gasteiger charge is -2.37. The second-order valence-corrected chi connectivity index (χ2v) is 10.6. The van der Waals surface area contributed by atoms with E-state index in [1.54, 1.807) is 0 Å². The van der Waals surface area contributed by atoms with E-state index in [9.17, 15) is 5.11 Å². The topological polar surface area (TPSA) is 87.3 Å². The average Bonchev–Trinajstić information content (AvgIpc) is 3.18. The minimum Gasteiger partial charge on any atom is -0.508 e. The van der Waals surface area contributed by atoms with Crippen molar-refractivity contribution in [2.75, 3.05) is 23.7 Å². The SMILES string of the molecule is Nc1ccc(CCc2nc(N3C4CCC3CNC4)c3ccc(-c4cc(O)cc5ccccc45)cc3n2)cc1. The monoisotopic (exact) mass is 501 g/mol. The fourth-order valence-corrected chi connectivity index (χ4v) is 6.23. The molecule has 0 aliphatic carbocycles. The highest BCUT2D eigenvalue weighted by atomic mass is 16.3. The van der Waals surface area contributed by atoms with Crippen molar-refractivity contribution >= 4 is 33.2 Å². The van der Waals surface area contributed by atoms with E-state index in [1.165, 1.54) is 18.4 Å². The normalized spacial score (nSPS) is 18.9. The van der Waals surface area contributed by atoms with Crippen LogP contribution in [0.4, 0.5) is 11.5 Å². The second-order valence-electron chi connectivity index (χ2n) is 10.6. The van der Waals surface area contributed by atoms with E-state index in [-0.39, 0.29) is 5.75 Å². The number of rotatable bonds is 5. The number of nitrogens with two attached hydrogens (primary N) is 1. The average molecular weight is 502 g/mol. The summed E-state index contributed by atoms with van der Waals surface area (Å²) in [5.74, 6) is 2.19. The van der Waals surface area contributed by atoms with Crippen LogP contribution in [0.1, 0.15) is 24.2 Å². The first-order valence-electron chi connectivity index (χ1n) is 13.5. The predicted molar refractivity (Wildman–Crippen MR) is 155 cm³/mol. The number of nitrogens with one attached hydrogen (secondary N) is 1. The molecule has 2 aliphatic heterocycles. The summed E-state index contributed by atoms with van der Waals surface area (Å²) in [5.41, 5.74) is 10.9. The van der Waals surface area contributed by atoms with Crippen molar-refractivity contribution < 1.29 is 5.11 Å². The Labute approximate surface area is 222 Å². The zero-order valence-electron chi connectivity index (χ0n) is 21.3. The number of hydrogen-bond donors (Lipinski definition) is 3. The molecule has 6 nitrogen and oxygen atoms in total. The van der Waals surface area contributed by atoms with Gasteiger partial charge in [0.1, 0.15) is 17.4 Å². The van der Waals surface area contributed by atoms with Gasteiger partial charge in [0.05, 0.1) is 5.52 Å². The number of aromatic hydroxyl groups is 1. The number of hydrogen-bond acceptors (Lipinski definition) is 6. The summed E-state index contributed by atoms with van der Waals surface area (Å²) >= 11 is 0. The number of piperazine rings is 1. The van der Waals surface area contributed by atoms with Crippen LogP contribution in [-0.4, -0.2) is 40.2 Å². The molecule has 4 N–H and O–H groups in total. The third-order valence-electron chi connectivity index (χ3n) is 8.12. The number of anilines is 2. The van der Waals surface area contributed by atoms with E-state index in [4.69, 9.17) is 15.7 Å². The van der Waals surface area contributed by atoms with Gasteiger partial charge in [-0.3, -0.25) is 0 Å². The second kappa shape index (κ2) is 9.30. The van der Waals surface area contributed by atoms with Crippen LogP contribution in [-0.2, 0) is 12.8 Å². The molecule has 2 saturated heterocycles. The van der Waals surface area contributed by atoms with Crippen molar-refractivity contribution in [3.63, 3.8) is 0 Å². The van der Waals surface area contributed by atoms with Crippen LogP contribution in [0.5, 0.6) is 5.75 Å². The predicted octanol–water partition coefficient (Wildman–Crippen LogP) is 5.46. The number of nitrogens with zero attached hydrogens (tertiary/aromatic N) is 3. The lowest BCUT2D eigenvalue weighted by molar-refractivity contribution is 0.476. The third-order valence-corrected chi connectivity index (χ3v) is 8.12. The molecule has 0 radical (unpaired) electrons. The number of benzene rings is 4. The lowest BCUT2D eigenvalue weighted by Crippen LogP contribution is -2.52. The first-order chi connectivity index (χ1) is 18.6. The quantitative estimate of drug-likeness (QED) is 0.277. The summed E-state index contributed by atoms with van der Waals surface area (Å²) in [5, 5.41) is 17.3. The largest absolute Gasteiger partial charge is 0.508 e. The smallest absolute Gasteiger partial charge is 0.140 e. The highest BCUT2D eigenvalue weighted by molar-refractivity contribution is 6.01. The molecule has 2 unspecified atom stereocenters. The van der Waals surface area contributed by atoms with Gasteiger partial charge in [-0.2, -0.15) is 0 Å². The van der Waals surface area contributed by atoms with Gasteiger partial charge in [-0.25, -0.2) is 9.97 Å². The van der Waals surface area contributed by atoms with Gasteiger partial charge in [0.2, 0.25) is 0 Å². The molecule has 2 fully saturated rings. The summed E-state index contributed by atoms with van der Waals surface area (Å²) in [6.07, 6.45) is 4.00. The summed E-state index contributed by atoms with van der Waals surface area (Å²) in [4.78, 5) is 12.8. The van der Waals surface area contributed by atoms with Crippen LogP contribution in [0.25, 0.3) is 32.8 Å². The van der Waals surface area contributed by atoms with Gasteiger partial charge in [-0.05, 0) is 83.1 Å². The Kier molecular flexibility index (Phi) is 5.63. The number of phenols is 1. The van der Waals surface area contributed by atoms with Crippen molar-refractivity contribution in [2.24, 2.45) is 0 Å². The molecule has 2 bridgehead atoms. The molecule has 7 rings (SSSR count). The molecule has 0 spiro atoms. The summed E-state index contributed by atoms with van der Waals surface area (Å²) < 4.78 is 0. The Hall–Kier alpha value is -4.16. The van der Waals surface area contributed by atoms with E-state index in [0.717, 1.165) is 76.1 Å². The maximum Gasteiger partial charge on any atom is 0.140 e. The summed E-state index contributed by atoms with van der Waals surface area (Å²) in [6.45, 7) is 1.99. The van der Waals surface area contributed by atoms with Crippen LogP contribution in [0.3, 0.4) is 0 Å². The maximum atomic E-state index is 10.5. The molecule has 190 valence electrons. The molecule has 38 heavy (non-hydrogen) atoms. The third kappa shape index (κ3) is 4.11. The fraction of sp³-hybridized carbons (Fsp3) is 0.250. The maximum absolute atomic E-state index is 10.5. The summed E-state index contributed by atoms with van der Waals surface area (Å²) in [6, 6.07) is 27.3. The van der Waals surface area contributed by atoms with Gasteiger partial charge >= 0.3 is 0 Å². The van der Waals surface area contributed by atoms with Gasteiger partial charge < -0.3 is 21.1 Å². The highest BCUT2D eigenvalue weighted by Gasteiger charge is 2.38. The molecule has 6 heteroatoms. The van der Waals surface area contributed by atoms with Crippen LogP contribution in [0, 0.1) is 0 Å². The van der Waals surface area contributed by atoms with Gasteiger partial charge in [-0.15, -0.1) is 0 Å². The van der Waals surface area contributed by atoms with Gasteiger partial charge in [0.25, 0.3) is 0 Å². The molecule has 3 heterocycles. The van der Waals surface area contributed by atoms with Gasteiger partial charge in [0, 0.05) is 42.7 Å². The van der Waals surface area contributed by atoms with Crippen molar-refractivity contribution in [1.82, 2.24) is 15.3 Å². The number of fused-ring (bicyclic) bond motifs is 4. The van der Waals surface area contributed by atoms with E-state index >= 15 is 0 Å². The Morgan fingerprint density at radius 1 is 0.842 bits per heavy atom. The van der Waals surface area contributed by atoms with E-state index in [2.05, 4.69) is 46.6 Å². The van der Waals surface area contributed by atoms with Crippen LogP contribution in [0.2, 0.25) is 0 Å². The molecule has 0 saturated carbocycles. The standard InChI is InChI=1S/C32H31N5O/c33-23-9-5-20(6-10-23)7-14-31-35-30-16-22(29-17-26(38)15-21-3-1-2-4-27(21)29)8-13-28(30)32(36-31)37-24-11-12-25(37)19-34-18-24/h1-6,8-10,13,15-17,24-25,34,38H,7,11-12,14,18-19,33H2. The molecule has 4 aromatic carbocycles. The van der Waals surface area contributed by atoms with Crippen LogP contribution < -0.4 is 16.0 Å². The number of aryl methyl sites for hydroxylation is 2. The number of phenolic OH excluding ortho intramolecular Hbond substituents is 1. The molecule has 2 aliphatic rings. The zero-order valence-corrected chi connectivity index (χ0v) is 21.3. The Morgan fingerprint density at radius 2 is 1.63 bits per heavy atom. The van der Waals surface area contributed by atoms with Crippen molar-refractivity contribution in [1.29, 1.82) is 0 Å². The molecule has 2 atom stereocenters. The zero-order chi connectivity index (χ0) is 25.6. The van der Waals surface area contributed by atoms with Crippen molar-refractivity contribution in [3.8, 4) is 16.9 Å². The van der Waals surface area contributed by atoms with Crippen molar-refractivity contribution in [2.45, 2.75) is 37.8 Å². The molecule has 1 aromatic heterocycles. The van der Waals surface area contributed by atoms with E-state index in [1.807, 2.05) is 42.5 Å². The van der Waals surface area contributed by atoms with E-state index in [0.29, 0.717) is 12.1 Å². The molecular weight excluding hydrogens is 470 g/mol. The van der Waals surface area contributed by atoms with Crippen LogP contribution in [0.15, 0.2) is 78.9 Å². The first kappa shape index (κ1) is 23.0. The Morgan fingerprint density at radius 3 is 2.45 bits per heavy atom. The molecular formula is C32H31N5O. The molecule has 0 amide bonds. The lowest BCUT2D eigenvalue weighted by atomic mass is 9.96. The summed E-state index contributed by atoms with van der Waals surface area (Å²) in [7, 11) is 0. The van der Waals surface area contributed by atoms with Gasteiger partial charge in [-0.1, -0.05) is 42.5 Å². The Balaban J connectivity index is 1.35. The van der Waals surface area contributed by atoms with E-state index < -0.39 is 0 Å². The fourth-order valence-electron chi connectivity index (χ4n) is 6.23. The first-order valence-corrected chi connectivity index (χ1v) is 13.5. The highest BCUT2D eigenvalue weighted by Crippen LogP contribution is 2.38. The molecule has 5 aromatic rings. The number of nitrogen functional groups attached to an aromatic ring is 1. The minimum atomic E-state index is 0.267. The van der Waals surface area contributed by atoms with Gasteiger partial charge in [0.15, 0.2) is 0 Å². The van der Waals surface area contributed by atoms with Crippen molar-refractivity contribution in [3.05, 3.63) is 90.3 Å². The number of aromatic nitrogens is 2.